The molecule has 0 saturated heterocycles. The average Bonchev–Trinajstić information content (AvgIpc) is 3.10. The zero-order chi connectivity index (χ0) is 17.8. The molecule has 0 atom stereocenters. The van der Waals surface area contributed by atoms with Crippen molar-refractivity contribution in [1.29, 1.82) is 0 Å². The van der Waals surface area contributed by atoms with Crippen LogP contribution >= 0.6 is 11.3 Å². The molecule has 128 valence electrons. The van der Waals surface area contributed by atoms with E-state index in [2.05, 4.69) is 10.3 Å². The molecule has 0 bridgehead atoms. The lowest BCUT2D eigenvalue weighted by molar-refractivity contribution is -0.385. The Kier molecular flexibility index (Phi) is 4.80. The molecule has 0 aliphatic carbocycles. The van der Waals surface area contributed by atoms with Crippen LogP contribution in [0.4, 0.5) is 16.5 Å². The number of nitro groups is 1. The Balaban J connectivity index is 1.89. The summed E-state index contributed by atoms with van der Waals surface area (Å²) in [7, 11) is 3.00. The van der Waals surface area contributed by atoms with Crippen LogP contribution in [0, 0.1) is 10.1 Å². The van der Waals surface area contributed by atoms with E-state index in [1.165, 1.54) is 24.5 Å². The van der Waals surface area contributed by atoms with Gasteiger partial charge in [-0.05, 0) is 24.3 Å². The molecule has 0 aliphatic heterocycles. The minimum absolute atomic E-state index is 0.0905. The quantitative estimate of drug-likeness (QED) is 0.517. The molecule has 3 aromatic rings. The third-order valence-corrected chi connectivity index (χ3v) is 4.28. The van der Waals surface area contributed by atoms with Gasteiger partial charge in [-0.3, -0.25) is 10.1 Å². The maximum Gasteiger partial charge on any atom is 0.311 e. The van der Waals surface area contributed by atoms with Gasteiger partial charge in [0.2, 0.25) is 0 Å². The van der Waals surface area contributed by atoms with E-state index in [4.69, 9.17) is 9.47 Å². The van der Waals surface area contributed by atoms with Crippen molar-refractivity contribution < 1.29 is 14.4 Å². The number of benzene rings is 2. The first-order valence-corrected chi connectivity index (χ1v) is 8.18. The maximum atomic E-state index is 11.2. The van der Waals surface area contributed by atoms with Gasteiger partial charge in [-0.25, -0.2) is 4.98 Å². The Morgan fingerprint density at radius 1 is 1.12 bits per heavy atom. The molecule has 3 rings (SSSR count). The van der Waals surface area contributed by atoms with Crippen LogP contribution in [0.25, 0.3) is 11.3 Å². The second-order valence-corrected chi connectivity index (χ2v) is 5.87. The van der Waals surface area contributed by atoms with E-state index < -0.39 is 4.92 Å². The third kappa shape index (κ3) is 3.53. The zero-order valence-corrected chi connectivity index (χ0v) is 14.4. The molecule has 0 radical (unpaired) electrons. The van der Waals surface area contributed by atoms with Gasteiger partial charge in [0.1, 0.15) is 5.75 Å². The molecule has 1 heterocycles. The first kappa shape index (κ1) is 16.7. The summed E-state index contributed by atoms with van der Waals surface area (Å²) in [5.74, 6) is 0.927. The summed E-state index contributed by atoms with van der Waals surface area (Å²) in [4.78, 5) is 15.2. The molecular weight excluding hydrogens is 342 g/mol. The van der Waals surface area contributed by atoms with Gasteiger partial charge in [0.15, 0.2) is 10.9 Å². The number of hydrogen-bond acceptors (Lipinski definition) is 7. The smallest absolute Gasteiger partial charge is 0.311 e. The summed E-state index contributed by atoms with van der Waals surface area (Å²) >= 11 is 1.40. The Bertz CT molecular complexity index is 910. The molecule has 0 aliphatic rings. The summed E-state index contributed by atoms with van der Waals surface area (Å²) in [6.07, 6.45) is 0. The number of aromatic nitrogens is 1. The average molecular weight is 357 g/mol. The van der Waals surface area contributed by atoms with Crippen LogP contribution in [0.5, 0.6) is 11.5 Å². The van der Waals surface area contributed by atoms with E-state index in [1.807, 2.05) is 29.6 Å². The number of hydrogen-bond donors (Lipinski definition) is 1. The predicted octanol–water partition coefficient (Wildman–Crippen LogP) is 4.48. The molecule has 7 nitrogen and oxygen atoms in total. The molecule has 1 aromatic heterocycles. The highest BCUT2D eigenvalue weighted by molar-refractivity contribution is 7.14. The summed E-state index contributed by atoms with van der Waals surface area (Å²) in [6.45, 7) is 0. The molecule has 0 unspecified atom stereocenters. The van der Waals surface area contributed by atoms with Crippen LogP contribution in [0.1, 0.15) is 0 Å². The summed E-state index contributed by atoms with van der Waals surface area (Å²) < 4.78 is 10.3. The van der Waals surface area contributed by atoms with Crippen LogP contribution in [0.3, 0.4) is 0 Å². The van der Waals surface area contributed by atoms with Crippen molar-refractivity contribution in [1.82, 2.24) is 4.98 Å². The minimum Gasteiger partial charge on any atom is -0.495 e. The maximum absolute atomic E-state index is 11.2. The third-order valence-electron chi connectivity index (χ3n) is 3.52. The fourth-order valence-corrected chi connectivity index (χ4v) is 3.05. The highest BCUT2D eigenvalue weighted by Crippen LogP contribution is 2.35. The lowest BCUT2D eigenvalue weighted by Gasteiger charge is -2.08. The summed E-state index contributed by atoms with van der Waals surface area (Å²) in [6, 6.07) is 12.3. The van der Waals surface area contributed by atoms with Crippen LogP contribution in [-0.2, 0) is 0 Å². The van der Waals surface area contributed by atoms with Gasteiger partial charge in [-0.2, -0.15) is 0 Å². The number of methoxy groups -OCH3 is 2. The van der Waals surface area contributed by atoms with Crippen molar-refractivity contribution in [2.75, 3.05) is 19.5 Å². The number of nitrogens with zero attached hydrogens (tertiary/aromatic N) is 2. The van der Waals surface area contributed by atoms with Crippen molar-refractivity contribution >= 4 is 27.8 Å². The fourth-order valence-electron chi connectivity index (χ4n) is 2.32. The molecular formula is C17H15N3O4S. The van der Waals surface area contributed by atoms with Crippen LogP contribution in [0.15, 0.2) is 47.8 Å². The molecule has 25 heavy (non-hydrogen) atoms. The van der Waals surface area contributed by atoms with Gasteiger partial charge in [0.25, 0.3) is 0 Å². The number of anilines is 2. The lowest BCUT2D eigenvalue weighted by Crippen LogP contribution is -1.95. The van der Waals surface area contributed by atoms with Crippen LogP contribution < -0.4 is 14.8 Å². The van der Waals surface area contributed by atoms with E-state index >= 15 is 0 Å². The molecule has 0 saturated carbocycles. The number of nitro benzene ring substituents is 1. The van der Waals surface area contributed by atoms with Gasteiger partial charge in [-0.15, -0.1) is 11.3 Å². The van der Waals surface area contributed by atoms with Gasteiger partial charge >= 0.3 is 5.69 Å². The first-order chi connectivity index (χ1) is 12.1. The van der Waals surface area contributed by atoms with Crippen LogP contribution in [0.2, 0.25) is 0 Å². The summed E-state index contributed by atoms with van der Waals surface area (Å²) in [5, 5.41) is 16.9. The van der Waals surface area contributed by atoms with E-state index in [-0.39, 0.29) is 11.4 Å². The first-order valence-electron chi connectivity index (χ1n) is 7.30. The Hall–Kier alpha value is -3.13. The molecule has 0 spiro atoms. The monoisotopic (exact) mass is 357 g/mol. The largest absolute Gasteiger partial charge is 0.495 e. The number of thiazole rings is 1. The number of ether oxygens (including phenoxy) is 2. The van der Waals surface area contributed by atoms with Crippen LogP contribution in [-0.4, -0.2) is 24.1 Å². The highest BCUT2D eigenvalue weighted by Gasteiger charge is 2.17. The fraction of sp³-hybridized carbons (Fsp3) is 0.118. The molecule has 0 fully saturated rings. The van der Waals surface area contributed by atoms with E-state index in [0.717, 1.165) is 5.69 Å². The van der Waals surface area contributed by atoms with E-state index in [1.54, 1.807) is 19.2 Å². The summed E-state index contributed by atoms with van der Waals surface area (Å²) in [5.41, 5.74) is 2.00. The normalized spacial score (nSPS) is 10.3. The van der Waals surface area contributed by atoms with Gasteiger partial charge in [0.05, 0.1) is 30.5 Å². The van der Waals surface area contributed by atoms with E-state index in [0.29, 0.717) is 22.1 Å². The Morgan fingerprint density at radius 2 is 1.88 bits per heavy atom. The molecule has 2 aromatic carbocycles. The topological polar surface area (TPSA) is 86.5 Å². The zero-order valence-electron chi connectivity index (χ0n) is 13.6. The highest BCUT2D eigenvalue weighted by atomic mass is 32.1. The van der Waals surface area contributed by atoms with Gasteiger partial charge in [-0.1, -0.05) is 12.1 Å². The SMILES string of the molecule is COc1ccccc1Nc1nc(-c2ccc(OC)c([N+](=O)[O-])c2)cs1. The van der Waals surface area contributed by atoms with Crippen molar-refractivity contribution in [2.45, 2.75) is 0 Å². The molecule has 8 heteroatoms. The second-order valence-electron chi connectivity index (χ2n) is 5.01. The second kappa shape index (κ2) is 7.18. The Labute approximate surface area is 148 Å². The number of para-hydroxylation sites is 2. The number of nitrogens with one attached hydrogen (secondary N) is 1. The standard InChI is InChI=1S/C17H15N3O4S/c1-23-15-6-4-3-5-12(15)18-17-19-13(10-25-17)11-7-8-16(24-2)14(9-11)20(21)22/h3-10H,1-2H3,(H,18,19). The van der Waals surface area contributed by atoms with E-state index in [9.17, 15) is 10.1 Å². The lowest BCUT2D eigenvalue weighted by atomic mass is 10.1. The van der Waals surface area contributed by atoms with Crippen molar-refractivity contribution in [3.05, 3.63) is 58.0 Å². The van der Waals surface area contributed by atoms with Gasteiger partial charge in [0, 0.05) is 17.0 Å². The van der Waals surface area contributed by atoms with Crippen molar-refractivity contribution in [3.8, 4) is 22.8 Å². The number of rotatable bonds is 6. The van der Waals surface area contributed by atoms with Crippen molar-refractivity contribution in [3.63, 3.8) is 0 Å². The van der Waals surface area contributed by atoms with Gasteiger partial charge < -0.3 is 14.8 Å². The molecule has 1 N–H and O–H groups in total. The predicted molar refractivity (Wildman–Crippen MR) is 97.0 cm³/mol. The minimum atomic E-state index is -0.470. The van der Waals surface area contributed by atoms with Crippen molar-refractivity contribution in [2.24, 2.45) is 0 Å². The molecule has 0 amide bonds. The Morgan fingerprint density at radius 3 is 2.60 bits per heavy atom.